The summed E-state index contributed by atoms with van der Waals surface area (Å²) in [6.07, 6.45) is 2.68. The van der Waals surface area contributed by atoms with Crippen LogP contribution < -0.4 is 0 Å². The fourth-order valence-corrected chi connectivity index (χ4v) is 1.86. The number of rotatable bonds is 5. The van der Waals surface area contributed by atoms with Crippen LogP contribution in [0.5, 0.6) is 0 Å². The Balaban J connectivity index is 1.99. The lowest BCUT2D eigenvalue weighted by Gasteiger charge is -2.13. The zero-order valence-electron chi connectivity index (χ0n) is 12.2. The quantitative estimate of drug-likeness (QED) is 0.840. The number of aromatic nitrogens is 1. The second-order valence-electron chi connectivity index (χ2n) is 4.89. The van der Waals surface area contributed by atoms with Crippen molar-refractivity contribution < 1.29 is 9.21 Å². The summed E-state index contributed by atoms with van der Waals surface area (Å²) in [6.45, 7) is 4.73. The Morgan fingerprint density at radius 1 is 1.30 bits per heavy atom. The van der Waals surface area contributed by atoms with E-state index in [2.05, 4.69) is 4.98 Å². The van der Waals surface area contributed by atoms with Crippen molar-refractivity contribution in [3.63, 3.8) is 0 Å². The largest absolute Gasteiger partial charge is 0.441 e. The topological polar surface area (TPSA) is 46.3 Å². The second kappa shape index (κ2) is 6.37. The molecule has 0 aliphatic heterocycles. The zero-order valence-corrected chi connectivity index (χ0v) is 12.2. The highest BCUT2D eigenvalue weighted by Gasteiger charge is 2.10. The van der Waals surface area contributed by atoms with Gasteiger partial charge in [0.2, 0.25) is 5.91 Å². The van der Waals surface area contributed by atoms with Crippen LogP contribution in [0.25, 0.3) is 11.3 Å². The van der Waals surface area contributed by atoms with Gasteiger partial charge >= 0.3 is 0 Å². The summed E-state index contributed by atoms with van der Waals surface area (Å²) in [4.78, 5) is 17.7. The van der Waals surface area contributed by atoms with Crippen molar-refractivity contribution in [2.75, 3.05) is 13.6 Å². The van der Waals surface area contributed by atoms with E-state index in [1.165, 1.54) is 5.56 Å². The molecule has 1 aromatic carbocycles. The molecule has 0 fully saturated rings. The van der Waals surface area contributed by atoms with Crippen molar-refractivity contribution in [1.82, 2.24) is 9.88 Å². The molecule has 0 saturated heterocycles. The van der Waals surface area contributed by atoms with Crippen LogP contribution in [-0.2, 0) is 11.2 Å². The van der Waals surface area contributed by atoms with Crippen LogP contribution in [0.4, 0.5) is 0 Å². The molecule has 1 amide bonds. The molecule has 0 bridgehead atoms. The number of carbonyl (C=O) groups excluding carboxylic acids is 1. The summed E-state index contributed by atoms with van der Waals surface area (Å²) >= 11 is 0. The highest BCUT2D eigenvalue weighted by molar-refractivity contribution is 5.75. The summed E-state index contributed by atoms with van der Waals surface area (Å²) in [7, 11) is 1.80. The van der Waals surface area contributed by atoms with Gasteiger partial charge < -0.3 is 9.32 Å². The molecule has 4 nitrogen and oxygen atoms in total. The van der Waals surface area contributed by atoms with Crippen LogP contribution in [0.15, 0.2) is 34.9 Å². The maximum absolute atomic E-state index is 11.7. The first kappa shape index (κ1) is 14.3. The van der Waals surface area contributed by atoms with E-state index in [4.69, 9.17) is 4.42 Å². The monoisotopic (exact) mass is 272 g/mol. The Hall–Kier alpha value is -2.10. The third-order valence-electron chi connectivity index (χ3n) is 3.34. The Morgan fingerprint density at radius 3 is 2.65 bits per heavy atom. The number of aryl methyl sites for hydroxylation is 2. The predicted octanol–water partition coefficient (Wildman–Crippen LogP) is 3.06. The van der Waals surface area contributed by atoms with Gasteiger partial charge in [0.1, 0.15) is 0 Å². The Bertz CT molecular complexity index is 572. The number of carbonyl (C=O) groups is 1. The molecular formula is C16H20N2O2. The molecule has 2 rings (SSSR count). The standard InChI is InChI=1S/C16H20N2O2/c1-4-18(3)16(19)10-9-15-17-11-14(20-15)13-7-5-12(2)6-8-13/h5-8,11H,4,9-10H2,1-3H3. The van der Waals surface area contributed by atoms with E-state index in [1.807, 2.05) is 38.1 Å². The molecule has 0 aliphatic carbocycles. The fourth-order valence-electron chi connectivity index (χ4n) is 1.86. The highest BCUT2D eigenvalue weighted by Crippen LogP contribution is 2.21. The maximum atomic E-state index is 11.7. The number of oxazole rings is 1. The summed E-state index contributed by atoms with van der Waals surface area (Å²) in [5, 5.41) is 0. The number of benzene rings is 1. The SMILES string of the molecule is CCN(C)C(=O)CCc1ncc(-c2ccc(C)cc2)o1. The molecule has 0 aliphatic rings. The van der Waals surface area contributed by atoms with Crippen LogP contribution in [0.2, 0.25) is 0 Å². The summed E-state index contributed by atoms with van der Waals surface area (Å²) < 4.78 is 5.69. The van der Waals surface area contributed by atoms with Gasteiger partial charge in [0, 0.05) is 32.0 Å². The fraction of sp³-hybridized carbons (Fsp3) is 0.375. The summed E-state index contributed by atoms with van der Waals surface area (Å²) in [5.74, 6) is 1.47. The van der Waals surface area contributed by atoms with Crippen molar-refractivity contribution in [2.45, 2.75) is 26.7 Å². The van der Waals surface area contributed by atoms with Gasteiger partial charge in [-0.2, -0.15) is 0 Å². The average Bonchev–Trinajstić information content (AvgIpc) is 2.93. The molecule has 4 heteroatoms. The molecule has 0 spiro atoms. The zero-order chi connectivity index (χ0) is 14.5. The Labute approximate surface area is 119 Å². The van der Waals surface area contributed by atoms with Crippen LogP contribution in [0.3, 0.4) is 0 Å². The predicted molar refractivity (Wildman–Crippen MR) is 78.3 cm³/mol. The molecule has 0 atom stereocenters. The van der Waals surface area contributed by atoms with Crippen LogP contribution >= 0.6 is 0 Å². The van der Waals surface area contributed by atoms with Crippen LogP contribution in [0.1, 0.15) is 24.8 Å². The van der Waals surface area contributed by atoms with E-state index in [0.29, 0.717) is 18.7 Å². The molecule has 1 aromatic heterocycles. The third kappa shape index (κ3) is 3.47. The first-order chi connectivity index (χ1) is 9.60. The first-order valence-corrected chi connectivity index (χ1v) is 6.86. The van der Waals surface area contributed by atoms with Gasteiger partial charge in [0.05, 0.1) is 6.20 Å². The lowest BCUT2D eigenvalue weighted by atomic mass is 10.1. The Kier molecular flexibility index (Phi) is 4.56. The first-order valence-electron chi connectivity index (χ1n) is 6.86. The van der Waals surface area contributed by atoms with Gasteiger partial charge in [-0.3, -0.25) is 4.79 Å². The van der Waals surface area contributed by atoms with Crippen molar-refractivity contribution in [3.8, 4) is 11.3 Å². The number of amides is 1. The molecule has 106 valence electrons. The number of nitrogens with zero attached hydrogens (tertiary/aromatic N) is 2. The van der Waals surface area contributed by atoms with Gasteiger partial charge in [0.15, 0.2) is 11.7 Å². The number of hydrogen-bond donors (Lipinski definition) is 0. The molecule has 20 heavy (non-hydrogen) atoms. The van der Waals surface area contributed by atoms with Gasteiger partial charge in [0.25, 0.3) is 0 Å². The molecular weight excluding hydrogens is 252 g/mol. The van der Waals surface area contributed by atoms with Crippen molar-refractivity contribution >= 4 is 5.91 Å². The lowest BCUT2D eigenvalue weighted by molar-refractivity contribution is -0.129. The van der Waals surface area contributed by atoms with Crippen LogP contribution in [0, 0.1) is 6.92 Å². The highest BCUT2D eigenvalue weighted by atomic mass is 16.4. The minimum atomic E-state index is 0.114. The minimum Gasteiger partial charge on any atom is -0.441 e. The maximum Gasteiger partial charge on any atom is 0.222 e. The van der Waals surface area contributed by atoms with E-state index in [9.17, 15) is 4.79 Å². The molecule has 1 heterocycles. The van der Waals surface area contributed by atoms with Gasteiger partial charge in [-0.05, 0) is 13.8 Å². The lowest BCUT2D eigenvalue weighted by Crippen LogP contribution is -2.26. The molecule has 0 radical (unpaired) electrons. The second-order valence-corrected chi connectivity index (χ2v) is 4.89. The molecule has 0 saturated carbocycles. The van der Waals surface area contributed by atoms with E-state index in [-0.39, 0.29) is 5.91 Å². The number of hydrogen-bond acceptors (Lipinski definition) is 3. The van der Waals surface area contributed by atoms with E-state index in [1.54, 1.807) is 18.1 Å². The van der Waals surface area contributed by atoms with E-state index < -0.39 is 0 Å². The van der Waals surface area contributed by atoms with Gasteiger partial charge in [-0.1, -0.05) is 29.8 Å². The molecule has 0 N–H and O–H groups in total. The molecule has 2 aromatic rings. The smallest absolute Gasteiger partial charge is 0.222 e. The van der Waals surface area contributed by atoms with Crippen molar-refractivity contribution in [1.29, 1.82) is 0 Å². The normalized spacial score (nSPS) is 10.6. The van der Waals surface area contributed by atoms with E-state index in [0.717, 1.165) is 17.9 Å². The van der Waals surface area contributed by atoms with Crippen molar-refractivity contribution in [2.24, 2.45) is 0 Å². The molecule has 0 unspecified atom stereocenters. The Morgan fingerprint density at radius 2 is 2.00 bits per heavy atom. The van der Waals surface area contributed by atoms with E-state index >= 15 is 0 Å². The summed E-state index contributed by atoms with van der Waals surface area (Å²) in [5.41, 5.74) is 2.22. The third-order valence-corrected chi connectivity index (χ3v) is 3.34. The summed E-state index contributed by atoms with van der Waals surface area (Å²) in [6, 6.07) is 8.10. The van der Waals surface area contributed by atoms with Gasteiger partial charge in [-0.15, -0.1) is 0 Å². The van der Waals surface area contributed by atoms with Crippen molar-refractivity contribution in [3.05, 3.63) is 41.9 Å². The van der Waals surface area contributed by atoms with Crippen LogP contribution in [-0.4, -0.2) is 29.4 Å². The minimum absolute atomic E-state index is 0.114. The van der Waals surface area contributed by atoms with Gasteiger partial charge in [-0.25, -0.2) is 4.98 Å². The average molecular weight is 272 g/mol.